The number of esters is 2. The number of hydrogen-bond acceptors (Lipinski definition) is 10. The van der Waals surface area contributed by atoms with Gasteiger partial charge in [-0.05, 0) is 38.1 Å². The molecule has 1 aliphatic carbocycles. The van der Waals surface area contributed by atoms with Crippen LogP contribution in [0.3, 0.4) is 0 Å². The highest BCUT2D eigenvalue weighted by Crippen LogP contribution is 2.42. The number of fused-ring (bicyclic) bond motifs is 2. The number of ketones is 2. The molecule has 0 heterocycles. The lowest BCUT2D eigenvalue weighted by molar-refractivity contribution is -0.166. The molecule has 37 heavy (non-hydrogen) atoms. The predicted molar refractivity (Wildman–Crippen MR) is 130 cm³/mol. The molecule has 3 aromatic rings. The van der Waals surface area contributed by atoms with E-state index in [9.17, 15) is 24.3 Å². The highest BCUT2D eigenvalue weighted by Gasteiger charge is 2.35. The average Bonchev–Trinajstić information content (AvgIpc) is 2.89. The number of ether oxygens (including phenoxy) is 4. The van der Waals surface area contributed by atoms with Crippen molar-refractivity contribution in [2.75, 3.05) is 18.9 Å². The van der Waals surface area contributed by atoms with E-state index < -0.39 is 35.4 Å². The maximum absolute atomic E-state index is 13.1. The topological polar surface area (TPSA) is 151 Å². The van der Waals surface area contributed by atoms with E-state index in [4.69, 9.17) is 24.7 Å². The zero-order valence-electron chi connectivity index (χ0n) is 20.0. The van der Waals surface area contributed by atoms with Crippen molar-refractivity contribution in [3.05, 3.63) is 76.9 Å². The Labute approximate surface area is 211 Å². The van der Waals surface area contributed by atoms with Gasteiger partial charge in [0.25, 0.3) is 6.10 Å². The average molecular weight is 505 g/mol. The summed E-state index contributed by atoms with van der Waals surface area (Å²) in [5.74, 6) is -2.90. The predicted octanol–water partition coefficient (Wildman–Crippen LogP) is 3.42. The number of benzene rings is 3. The van der Waals surface area contributed by atoms with Crippen LogP contribution in [0.15, 0.2) is 54.6 Å². The summed E-state index contributed by atoms with van der Waals surface area (Å²) >= 11 is 0. The van der Waals surface area contributed by atoms with Crippen molar-refractivity contribution in [2.45, 2.75) is 20.0 Å². The first-order chi connectivity index (χ1) is 17.8. The maximum Gasteiger partial charge on any atom is 0.359 e. The molecular formula is C27H23NO9. The van der Waals surface area contributed by atoms with Crippen LogP contribution in [0.4, 0.5) is 5.69 Å². The number of phenols is 1. The molecule has 0 unspecified atom stereocenters. The van der Waals surface area contributed by atoms with Crippen LogP contribution in [-0.2, 0) is 19.1 Å². The molecule has 3 N–H and O–H groups in total. The number of rotatable bonds is 8. The Morgan fingerprint density at radius 1 is 0.838 bits per heavy atom. The number of aromatic hydroxyl groups is 1. The van der Waals surface area contributed by atoms with Crippen molar-refractivity contribution in [3.63, 3.8) is 0 Å². The molecule has 0 bridgehead atoms. The zero-order valence-corrected chi connectivity index (χ0v) is 20.0. The minimum Gasteiger partial charge on any atom is -0.507 e. The number of phenolic OH excluding ortho intramolecular Hbond substituents is 1. The molecule has 1 aliphatic rings. The van der Waals surface area contributed by atoms with Crippen molar-refractivity contribution >= 4 is 29.2 Å². The standard InChI is InChI=1S/C27H23NO9/c1-3-34-26(32)25(27(33)35-4-2)37-15-11-9-14(10-12-15)36-19-13-18(29)20-21(22(19)28)24(31)17-8-6-5-7-16(17)23(20)30/h5-13,25,29H,3-4,28H2,1-2H3. The van der Waals surface area contributed by atoms with E-state index >= 15 is 0 Å². The molecule has 3 aromatic carbocycles. The van der Waals surface area contributed by atoms with Gasteiger partial charge in [-0.2, -0.15) is 0 Å². The fraction of sp³-hybridized carbons (Fsp3) is 0.185. The molecule has 0 amide bonds. The zero-order chi connectivity index (χ0) is 26.7. The Morgan fingerprint density at radius 2 is 1.35 bits per heavy atom. The minimum atomic E-state index is -1.61. The number of nitrogen functional groups attached to an aromatic ring is 1. The van der Waals surface area contributed by atoms with Crippen LogP contribution >= 0.6 is 0 Å². The highest BCUT2D eigenvalue weighted by molar-refractivity contribution is 6.31. The molecule has 0 spiro atoms. The Kier molecular flexibility index (Phi) is 7.10. The van der Waals surface area contributed by atoms with Gasteiger partial charge in [0.15, 0.2) is 17.3 Å². The van der Waals surface area contributed by atoms with Crippen molar-refractivity contribution < 1.29 is 43.2 Å². The van der Waals surface area contributed by atoms with Gasteiger partial charge in [-0.15, -0.1) is 0 Å². The number of nitrogens with two attached hydrogens (primary N) is 1. The number of carbonyl (C=O) groups excluding carboxylic acids is 4. The molecule has 10 heteroatoms. The van der Waals surface area contributed by atoms with Crippen molar-refractivity contribution in [2.24, 2.45) is 0 Å². The van der Waals surface area contributed by atoms with Gasteiger partial charge in [-0.3, -0.25) is 9.59 Å². The molecule has 0 saturated carbocycles. The smallest absolute Gasteiger partial charge is 0.359 e. The first kappa shape index (κ1) is 25.2. The van der Waals surface area contributed by atoms with Crippen LogP contribution in [-0.4, -0.2) is 47.9 Å². The van der Waals surface area contributed by atoms with Crippen LogP contribution < -0.4 is 15.2 Å². The van der Waals surface area contributed by atoms with Crippen LogP contribution in [0.5, 0.6) is 23.0 Å². The van der Waals surface area contributed by atoms with Gasteiger partial charge in [-0.25, -0.2) is 9.59 Å². The van der Waals surface area contributed by atoms with Crippen LogP contribution in [0.1, 0.15) is 45.7 Å². The van der Waals surface area contributed by atoms with Gasteiger partial charge >= 0.3 is 11.9 Å². The van der Waals surface area contributed by atoms with Crippen LogP contribution in [0.2, 0.25) is 0 Å². The van der Waals surface area contributed by atoms with Crippen molar-refractivity contribution in [3.8, 4) is 23.0 Å². The first-order valence-electron chi connectivity index (χ1n) is 11.4. The fourth-order valence-electron chi connectivity index (χ4n) is 3.84. The van der Waals surface area contributed by atoms with E-state index in [1.165, 1.54) is 36.4 Å². The first-order valence-corrected chi connectivity index (χ1v) is 11.4. The molecule has 190 valence electrons. The monoisotopic (exact) mass is 505 g/mol. The Morgan fingerprint density at radius 3 is 1.89 bits per heavy atom. The van der Waals surface area contributed by atoms with E-state index in [2.05, 4.69) is 0 Å². The SMILES string of the molecule is CCOC(=O)C(Oc1ccc(Oc2cc(O)c3c(c2N)C(=O)c2ccccc2C3=O)cc1)C(=O)OCC. The summed E-state index contributed by atoms with van der Waals surface area (Å²) in [5, 5.41) is 10.6. The second-order valence-corrected chi connectivity index (χ2v) is 7.84. The molecule has 0 aromatic heterocycles. The summed E-state index contributed by atoms with van der Waals surface area (Å²) in [6.45, 7) is 3.30. The van der Waals surface area contributed by atoms with Crippen molar-refractivity contribution in [1.29, 1.82) is 0 Å². The normalized spacial score (nSPS) is 12.0. The van der Waals surface area contributed by atoms with Gasteiger partial charge in [0, 0.05) is 17.2 Å². The third kappa shape index (κ3) is 4.81. The maximum atomic E-state index is 13.1. The summed E-state index contributed by atoms with van der Waals surface area (Å²) in [6.07, 6.45) is -1.61. The second-order valence-electron chi connectivity index (χ2n) is 7.84. The Balaban J connectivity index is 1.59. The lowest BCUT2D eigenvalue weighted by Crippen LogP contribution is -2.38. The third-order valence-electron chi connectivity index (χ3n) is 5.49. The Hall–Kier alpha value is -4.86. The minimum absolute atomic E-state index is 0.0404. The van der Waals surface area contributed by atoms with Crippen LogP contribution in [0, 0.1) is 0 Å². The molecule has 0 saturated heterocycles. The van der Waals surface area contributed by atoms with Crippen LogP contribution in [0.25, 0.3) is 0 Å². The fourth-order valence-corrected chi connectivity index (χ4v) is 3.84. The van der Waals surface area contributed by atoms with Gasteiger partial charge in [-0.1, -0.05) is 24.3 Å². The molecule has 0 aliphatic heterocycles. The van der Waals surface area contributed by atoms with E-state index in [0.717, 1.165) is 6.07 Å². The molecule has 0 atom stereocenters. The van der Waals surface area contributed by atoms with E-state index in [1.807, 2.05) is 0 Å². The van der Waals surface area contributed by atoms with E-state index in [1.54, 1.807) is 26.0 Å². The summed E-state index contributed by atoms with van der Waals surface area (Å²) in [5.41, 5.74) is 6.16. The largest absolute Gasteiger partial charge is 0.507 e. The number of hydrogen-bond donors (Lipinski definition) is 2. The summed E-state index contributed by atoms with van der Waals surface area (Å²) < 4.78 is 21.0. The number of carbonyl (C=O) groups is 4. The number of anilines is 1. The van der Waals surface area contributed by atoms with Gasteiger partial charge in [0.2, 0.25) is 0 Å². The van der Waals surface area contributed by atoms with E-state index in [-0.39, 0.29) is 58.4 Å². The van der Waals surface area contributed by atoms with Gasteiger partial charge in [0.1, 0.15) is 17.2 Å². The van der Waals surface area contributed by atoms with E-state index in [0.29, 0.717) is 0 Å². The Bertz CT molecular complexity index is 1380. The van der Waals surface area contributed by atoms with Gasteiger partial charge < -0.3 is 29.8 Å². The molecule has 4 rings (SSSR count). The summed E-state index contributed by atoms with van der Waals surface area (Å²) in [6, 6.07) is 13.2. The summed E-state index contributed by atoms with van der Waals surface area (Å²) in [4.78, 5) is 50.2. The summed E-state index contributed by atoms with van der Waals surface area (Å²) in [7, 11) is 0. The second kappa shape index (κ2) is 10.4. The highest BCUT2D eigenvalue weighted by atomic mass is 16.6. The molecular weight excluding hydrogens is 482 g/mol. The molecule has 0 radical (unpaired) electrons. The van der Waals surface area contributed by atoms with Crippen molar-refractivity contribution in [1.82, 2.24) is 0 Å². The van der Waals surface area contributed by atoms with Gasteiger partial charge in [0.05, 0.1) is 30.0 Å². The lowest BCUT2D eigenvalue weighted by Gasteiger charge is -2.21. The molecule has 0 fully saturated rings. The quantitative estimate of drug-likeness (QED) is 0.158. The molecule has 10 nitrogen and oxygen atoms in total. The lowest BCUT2D eigenvalue weighted by atomic mass is 9.82. The third-order valence-corrected chi connectivity index (χ3v) is 5.49.